The number of aliphatic imine (C=N–C) groups is 1. The molecule has 0 aliphatic heterocycles. The van der Waals surface area contributed by atoms with Gasteiger partial charge in [-0.3, -0.25) is 4.79 Å². The smallest absolute Gasteiger partial charge is 0.224 e. The number of aryl methyl sites for hydroxylation is 1. The summed E-state index contributed by atoms with van der Waals surface area (Å²) in [7, 11) is 4.09. The maximum absolute atomic E-state index is 12.0. The highest BCUT2D eigenvalue weighted by Crippen LogP contribution is 2.13. The van der Waals surface area contributed by atoms with Crippen molar-refractivity contribution in [1.29, 1.82) is 0 Å². The minimum Gasteiger partial charge on any atom is -0.357 e. The van der Waals surface area contributed by atoms with Crippen LogP contribution in [0.5, 0.6) is 0 Å². The van der Waals surface area contributed by atoms with E-state index in [0.29, 0.717) is 18.9 Å². The molecule has 0 aliphatic carbocycles. The third-order valence-electron chi connectivity index (χ3n) is 4.36. The summed E-state index contributed by atoms with van der Waals surface area (Å²) in [5, 5.41) is 6.32. The van der Waals surface area contributed by atoms with E-state index in [-0.39, 0.29) is 29.9 Å². The molecule has 2 aromatic rings. The van der Waals surface area contributed by atoms with Crippen molar-refractivity contribution in [3.63, 3.8) is 0 Å². The van der Waals surface area contributed by atoms with Gasteiger partial charge in [0, 0.05) is 44.6 Å². The largest absolute Gasteiger partial charge is 0.357 e. The fourth-order valence-electron chi connectivity index (χ4n) is 2.94. The van der Waals surface area contributed by atoms with E-state index < -0.39 is 0 Å². The molecule has 1 aromatic carbocycles. The first-order chi connectivity index (χ1) is 13.4. The molecule has 0 atom stereocenters. The lowest BCUT2D eigenvalue weighted by Crippen LogP contribution is -2.38. The molecule has 6 nitrogen and oxygen atoms in total. The molecular formula is C22H34IN5O. The van der Waals surface area contributed by atoms with Gasteiger partial charge >= 0.3 is 0 Å². The average molecular weight is 511 g/mol. The molecule has 2 N–H and O–H groups in total. The Morgan fingerprint density at radius 3 is 2.62 bits per heavy atom. The molecule has 0 radical (unpaired) electrons. The Balaban J connectivity index is 0.00000420. The first-order valence-corrected chi connectivity index (χ1v) is 9.87. The van der Waals surface area contributed by atoms with Gasteiger partial charge in [0.2, 0.25) is 5.91 Å². The molecule has 0 bridgehead atoms. The number of anilines is 1. The summed E-state index contributed by atoms with van der Waals surface area (Å²) < 4.78 is 2.11. The van der Waals surface area contributed by atoms with E-state index in [4.69, 9.17) is 4.99 Å². The SMILES string of the molecule is CCNC(=NCc1cccc(NC(=O)CC(C)C)c1)N(C)Cc1cccn1C.I. The summed E-state index contributed by atoms with van der Waals surface area (Å²) in [5.74, 6) is 1.25. The van der Waals surface area contributed by atoms with Crippen molar-refractivity contribution in [2.75, 3.05) is 18.9 Å². The van der Waals surface area contributed by atoms with Crippen LogP contribution in [0.1, 0.15) is 38.4 Å². The average Bonchev–Trinajstić information content (AvgIpc) is 3.02. The number of carbonyl (C=O) groups is 1. The van der Waals surface area contributed by atoms with Crippen LogP contribution in [0.4, 0.5) is 5.69 Å². The molecule has 0 aliphatic rings. The van der Waals surface area contributed by atoms with Gasteiger partial charge in [0.05, 0.1) is 13.1 Å². The van der Waals surface area contributed by atoms with Crippen LogP contribution in [0.25, 0.3) is 0 Å². The topological polar surface area (TPSA) is 61.7 Å². The van der Waals surface area contributed by atoms with Gasteiger partial charge in [0.1, 0.15) is 0 Å². The molecule has 160 valence electrons. The van der Waals surface area contributed by atoms with Crippen LogP contribution in [-0.4, -0.2) is 34.9 Å². The monoisotopic (exact) mass is 511 g/mol. The van der Waals surface area contributed by atoms with Crippen molar-refractivity contribution in [3.05, 3.63) is 53.9 Å². The van der Waals surface area contributed by atoms with Crippen molar-refractivity contribution in [1.82, 2.24) is 14.8 Å². The normalized spacial score (nSPS) is 11.2. The number of carbonyl (C=O) groups excluding carboxylic acids is 1. The highest BCUT2D eigenvalue weighted by molar-refractivity contribution is 14.0. The van der Waals surface area contributed by atoms with E-state index in [1.165, 1.54) is 5.69 Å². The number of hydrogen-bond donors (Lipinski definition) is 2. The number of benzene rings is 1. The fourth-order valence-corrected chi connectivity index (χ4v) is 2.94. The molecule has 7 heteroatoms. The summed E-state index contributed by atoms with van der Waals surface area (Å²) >= 11 is 0. The molecule has 1 heterocycles. The van der Waals surface area contributed by atoms with Crippen molar-refractivity contribution in [3.8, 4) is 0 Å². The van der Waals surface area contributed by atoms with E-state index >= 15 is 0 Å². The number of hydrogen-bond acceptors (Lipinski definition) is 2. The van der Waals surface area contributed by atoms with Gasteiger partial charge in [0.25, 0.3) is 0 Å². The Labute approximate surface area is 191 Å². The van der Waals surface area contributed by atoms with Crippen molar-refractivity contribution < 1.29 is 4.79 Å². The number of amides is 1. The first-order valence-electron chi connectivity index (χ1n) is 9.87. The van der Waals surface area contributed by atoms with E-state index in [2.05, 4.69) is 33.1 Å². The number of halogens is 1. The molecule has 0 saturated carbocycles. The zero-order valence-corrected chi connectivity index (χ0v) is 20.4. The number of guanidine groups is 1. The lowest BCUT2D eigenvalue weighted by atomic mass is 10.1. The zero-order valence-electron chi connectivity index (χ0n) is 18.1. The third-order valence-corrected chi connectivity index (χ3v) is 4.36. The van der Waals surface area contributed by atoms with E-state index in [9.17, 15) is 4.79 Å². The van der Waals surface area contributed by atoms with Crippen LogP contribution >= 0.6 is 24.0 Å². The Kier molecular flexibility index (Phi) is 10.8. The highest BCUT2D eigenvalue weighted by atomic mass is 127. The number of nitrogens with one attached hydrogen (secondary N) is 2. The standard InChI is InChI=1S/C22H33N5O.HI/c1-6-23-22(27(5)16-20-11-8-12-26(20)4)24-15-18-9-7-10-19(14-18)25-21(28)13-17(2)3;/h7-12,14,17H,6,13,15-16H2,1-5H3,(H,23,24)(H,25,28);1H. The molecule has 0 fully saturated rings. The maximum atomic E-state index is 12.0. The lowest BCUT2D eigenvalue weighted by molar-refractivity contribution is -0.116. The minimum absolute atomic E-state index is 0. The summed E-state index contributed by atoms with van der Waals surface area (Å²) in [6.07, 6.45) is 2.57. The number of aromatic nitrogens is 1. The van der Waals surface area contributed by atoms with Gasteiger partial charge in [-0.25, -0.2) is 4.99 Å². The molecule has 1 amide bonds. The van der Waals surface area contributed by atoms with Crippen LogP contribution < -0.4 is 10.6 Å². The van der Waals surface area contributed by atoms with Crippen LogP contribution in [0, 0.1) is 5.92 Å². The van der Waals surface area contributed by atoms with E-state index in [0.717, 1.165) is 30.3 Å². The quantitative estimate of drug-likeness (QED) is 0.317. The zero-order chi connectivity index (χ0) is 20.5. The summed E-state index contributed by atoms with van der Waals surface area (Å²) in [4.78, 5) is 18.9. The van der Waals surface area contributed by atoms with Crippen molar-refractivity contribution >= 4 is 41.5 Å². The van der Waals surface area contributed by atoms with Gasteiger partial charge in [-0.05, 0) is 42.7 Å². The van der Waals surface area contributed by atoms with Gasteiger partial charge in [-0.1, -0.05) is 26.0 Å². The molecule has 0 unspecified atom stereocenters. The van der Waals surface area contributed by atoms with Gasteiger partial charge in [0.15, 0.2) is 5.96 Å². The van der Waals surface area contributed by atoms with Crippen LogP contribution in [0.2, 0.25) is 0 Å². The van der Waals surface area contributed by atoms with Gasteiger partial charge in [-0.2, -0.15) is 0 Å². The van der Waals surface area contributed by atoms with Gasteiger partial charge in [-0.15, -0.1) is 24.0 Å². The molecular weight excluding hydrogens is 477 g/mol. The fraction of sp³-hybridized carbons (Fsp3) is 0.455. The first kappa shape index (κ1) is 25.0. The second-order valence-electron chi connectivity index (χ2n) is 7.48. The third kappa shape index (κ3) is 8.47. The molecule has 0 saturated heterocycles. The van der Waals surface area contributed by atoms with Crippen molar-refractivity contribution in [2.45, 2.75) is 40.3 Å². The van der Waals surface area contributed by atoms with Crippen LogP contribution in [0.3, 0.4) is 0 Å². The molecule has 29 heavy (non-hydrogen) atoms. The molecule has 0 spiro atoms. The van der Waals surface area contributed by atoms with Gasteiger partial charge < -0.3 is 20.1 Å². The lowest BCUT2D eigenvalue weighted by Gasteiger charge is -2.22. The predicted octanol–water partition coefficient (Wildman–Crippen LogP) is 4.23. The Morgan fingerprint density at radius 1 is 1.24 bits per heavy atom. The van der Waals surface area contributed by atoms with Crippen molar-refractivity contribution in [2.24, 2.45) is 18.0 Å². The minimum atomic E-state index is 0. The Morgan fingerprint density at radius 2 is 2.00 bits per heavy atom. The summed E-state index contributed by atoms with van der Waals surface area (Å²) in [6, 6.07) is 12.1. The predicted molar refractivity (Wildman–Crippen MR) is 132 cm³/mol. The second kappa shape index (κ2) is 12.5. The Bertz CT molecular complexity index is 800. The number of rotatable bonds is 8. The number of nitrogens with zero attached hydrogens (tertiary/aromatic N) is 3. The molecule has 1 aromatic heterocycles. The molecule has 2 rings (SSSR count). The highest BCUT2D eigenvalue weighted by Gasteiger charge is 2.09. The second-order valence-corrected chi connectivity index (χ2v) is 7.48. The Hall–Kier alpha value is -2.03. The van der Waals surface area contributed by atoms with E-state index in [1.807, 2.05) is 64.5 Å². The van der Waals surface area contributed by atoms with E-state index in [1.54, 1.807) is 0 Å². The van der Waals surface area contributed by atoms with Crippen LogP contribution in [-0.2, 0) is 24.9 Å². The summed E-state index contributed by atoms with van der Waals surface area (Å²) in [6.45, 7) is 8.28. The van der Waals surface area contributed by atoms with Crippen LogP contribution in [0.15, 0.2) is 47.6 Å². The summed E-state index contributed by atoms with van der Waals surface area (Å²) in [5.41, 5.74) is 3.11. The maximum Gasteiger partial charge on any atom is 0.224 e.